The van der Waals surface area contributed by atoms with Crippen LogP contribution in [0.4, 0.5) is 5.13 Å². The van der Waals surface area contributed by atoms with Crippen molar-refractivity contribution in [3.05, 3.63) is 33.7 Å². The average Bonchev–Trinajstić information content (AvgIpc) is 3.01. The molecule has 23 heavy (non-hydrogen) atoms. The SMILES string of the molecule is CCN(CC)S(=O)(=O)c1cc(C(=O)Nc2nncs2)ccc1Br. The van der Waals surface area contributed by atoms with Gasteiger partial charge < -0.3 is 0 Å². The lowest BCUT2D eigenvalue weighted by Crippen LogP contribution is -2.31. The van der Waals surface area contributed by atoms with E-state index >= 15 is 0 Å². The molecule has 10 heteroatoms. The van der Waals surface area contributed by atoms with Crippen molar-refractivity contribution in [1.29, 1.82) is 0 Å². The topological polar surface area (TPSA) is 92.3 Å². The Morgan fingerprint density at radius 2 is 2.04 bits per heavy atom. The molecule has 2 rings (SSSR count). The van der Waals surface area contributed by atoms with Gasteiger partial charge >= 0.3 is 0 Å². The molecule has 0 bridgehead atoms. The van der Waals surface area contributed by atoms with E-state index in [1.807, 2.05) is 0 Å². The summed E-state index contributed by atoms with van der Waals surface area (Å²) in [7, 11) is -3.67. The lowest BCUT2D eigenvalue weighted by atomic mass is 10.2. The van der Waals surface area contributed by atoms with E-state index in [0.29, 0.717) is 22.7 Å². The number of hydrogen-bond acceptors (Lipinski definition) is 6. The molecule has 1 amide bonds. The van der Waals surface area contributed by atoms with Crippen molar-refractivity contribution in [2.24, 2.45) is 0 Å². The van der Waals surface area contributed by atoms with Crippen LogP contribution in [0.3, 0.4) is 0 Å². The predicted molar refractivity (Wildman–Crippen MR) is 92.1 cm³/mol. The second-order valence-corrected chi connectivity index (χ2v) is 8.03. The normalized spacial score (nSPS) is 11.7. The molecule has 0 saturated carbocycles. The number of hydrogen-bond donors (Lipinski definition) is 1. The van der Waals surface area contributed by atoms with Gasteiger partial charge in [-0.2, -0.15) is 4.31 Å². The highest BCUT2D eigenvalue weighted by molar-refractivity contribution is 9.10. The highest BCUT2D eigenvalue weighted by Gasteiger charge is 2.25. The number of benzene rings is 1. The maximum atomic E-state index is 12.7. The highest BCUT2D eigenvalue weighted by atomic mass is 79.9. The van der Waals surface area contributed by atoms with Gasteiger partial charge in [0.2, 0.25) is 15.2 Å². The van der Waals surface area contributed by atoms with E-state index in [9.17, 15) is 13.2 Å². The summed E-state index contributed by atoms with van der Waals surface area (Å²) in [5.74, 6) is -0.440. The number of rotatable bonds is 6. The molecule has 0 aliphatic rings. The lowest BCUT2D eigenvalue weighted by Gasteiger charge is -2.19. The maximum absolute atomic E-state index is 12.7. The molecule has 124 valence electrons. The van der Waals surface area contributed by atoms with Crippen molar-refractivity contribution in [1.82, 2.24) is 14.5 Å². The van der Waals surface area contributed by atoms with Crippen molar-refractivity contribution >= 4 is 48.3 Å². The van der Waals surface area contributed by atoms with Crippen molar-refractivity contribution in [3.63, 3.8) is 0 Å². The van der Waals surface area contributed by atoms with E-state index in [4.69, 9.17) is 0 Å². The van der Waals surface area contributed by atoms with Crippen LogP contribution in [0.1, 0.15) is 24.2 Å². The van der Waals surface area contributed by atoms with E-state index < -0.39 is 15.9 Å². The first-order chi connectivity index (χ1) is 10.9. The monoisotopic (exact) mass is 418 g/mol. The number of nitrogens with zero attached hydrogens (tertiary/aromatic N) is 3. The number of anilines is 1. The summed E-state index contributed by atoms with van der Waals surface area (Å²) in [5, 5.41) is 10.3. The Kier molecular flexibility index (Phi) is 5.84. The van der Waals surface area contributed by atoms with Crippen LogP contribution in [-0.4, -0.2) is 41.9 Å². The Labute approximate surface area is 146 Å². The Morgan fingerprint density at radius 1 is 1.35 bits per heavy atom. The molecular weight excluding hydrogens is 404 g/mol. The van der Waals surface area contributed by atoms with Gasteiger partial charge in [0.25, 0.3) is 5.91 Å². The van der Waals surface area contributed by atoms with E-state index in [2.05, 4.69) is 31.4 Å². The Morgan fingerprint density at radius 3 is 2.61 bits per heavy atom. The molecule has 1 N–H and O–H groups in total. The summed E-state index contributed by atoms with van der Waals surface area (Å²) in [6, 6.07) is 4.45. The molecule has 0 aliphatic carbocycles. The van der Waals surface area contributed by atoms with Gasteiger partial charge in [0.1, 0.15) is 5.51 Å². The van der Waals surface area contributed by atoms with Crippen LogP contribution in [0.15, 0.2) is 33.1 Å². The number of sulfonamides is 1. The largest absolute Gasteiger partial charge is 0.296 e. The molecule has 7 nitrogen and oxygen atoms in total. The lowest BCUT2D eigenvalue weighted by molar-refractivity contribution is 0.102. The van der Waals surface area contributed by atoms with E-state index in [-0.39, 0.29) is 10.5 Å². The fraction of sp³-hybridized carbons (Fsp3) is 0.308. The fourth-order valence-corrected chi connectivity index (χ4v) is 4.79. The summed E-state index contributed by atoms with van der Waals surface area (Å²) in [4.78, 5) is 12.3. The zero-order valence-corrected chi connectivity index (χ0v) is 15.7. The molecule has 0 fully saturated rings. The van der Waals surface area contributed by atoms with Gasteiger partial charge in [-0.05, 0) is 34.1 Å². The molecule has 1 heterocycles. The van der Waals surface area contributed by atoms with Crippen LogP contribution in [0, 0.1) is 0 Å². The summed E-state index contributed by atoms with van der Waals surface area (Å²) in [5.41, 5.74) is 1.72. The number of carbonyl (C=O) groups excluding carboxylic acids is 1. The van der Waals surface area contributed by atoms with E-state index in [0.717, 1.165) is 0 Å². The Hall–Kier alpha value is -1.36. The van der Waals surface area contributed by atoms with Crippen LogP contribution >= 0.6 is 27.3 Å². The van der Waals surface area contributed by atoms with Crippen LogP contribution in [0.2, 0.25) is 0 Å². The predicted octanol–water partition coefficient (Wildman–Crippen LogP) is 2.58. The van der Waals surface area contributed by atoms with E-state index in [1.165, 1.54) is 27.2 Å². The number of nitrogens with one attached hydrogen (secondary N) is 1. The van der Waals surface area contributed by atoms with Crippen molar-refractivity contribution in [2.75, 3.05) is 18.4 Å². The first-order valence-electron chi connectivity index (χ1n) is 6.77. The standard InChI is InChI=1S/C13H15BrN4O3S2/c1-3-18(4-2)23(20,21)11-7-9(5-6-10(11)14)12(19)16-13-17-15-8-22-13/h5-8H,3-4H2,1-2H3,(H,16,17,19). The minimum atomic E-state index is -3.67. The van der Waals surface area contributed by atoms with Crippen molar-refractivity contribution < 1.29 is 13.2 Å². The Bertz CT molecular complexity index is 790. The highest BCUT2D eigenvalue weighted by Crippen LogP contribution is 2.26. The van der Waals surface area contributed by atoms with Crippen molar-refractivity contribution in [2.45, 2.75) is 18.7 Å². The van der Waals surface area contributed by atoms with Crippen LogP contribution in [-0.2, 0) is 10.0 Å². The Balaban J connectivity index is 2.37. The summed E-state index contributed by atoms with van der Waals surface area (Å²) in [6.45, 7) is 4.24. The fourth-order valence-electron chi connectivity index (χ4n) is 1.94. The minimum absolute atomic E-state index is 0.0612. The molecular formula is C13H15BrN4O3S2. The van der Waals surface area contributed by atoms with Crippen molar-refractivity contribution in [3.8, 4) is 0 Å². The molecule has 2 aromatic rings. The third kappa shape index (κ3) is 3.94. The van der Waals surface area contributed by atoms with Gasteiger partial charge in [-0.3, -0.25) is 10.1 Å². The zero-order chi connectivity index (χ0) is 17.0. The van der Waals surface area contributed by atoms with Crippen LogP contribution < -0.4 is 5.32 Å². The second kappa shape index (κ2) is 7.47. The molecule has 0 radical (unpaired) electrons. The summed E-state index contributed by atoms with van der Waals surface area (Å²) in [6.07, 6.45) is 0. The van der Waals surface area contributed by atoms with Gasteiger partial charge in [0, 0.05) is 23.1 Å². The van der Waals surface area contributed by atoms with Crippen LogP contribution in [0.25, 0.3) is 0 Å². The molecule has 0 aliphatic heterocycles. The molecule has 1 aromatic heterocycles. The van der Waals surface area contributed by atoms with Gasteiger partial charge in [-0.25, -0.2) is 8.42 Å². The third-order valence-electron chi connectivity index (χ3n) is 3.10. The molecule has 0 spiro atoms. The number of carbonyl (C=O) groups is 1. The second-order valence-electron chi connectivity index (χ2n) is 4.43. The molecule has 1 aromatic carbocycles. The maximum Gasteiger partial charge on any atom is 0.257 e. The van der Waals surface area contributed by atoms with Gasteiger partial charge in [0.15, 0.2) is 0 Å². The molecule has 0 unspecified atom stereocenters. The molecule has 0 saturated heterocycles. The van der Waals surface area contributed by atoms with Gasteiger partial charge in [-0.1, -0.05) is 25.2 Å². The summed E-state index contributed by atoms with van der Waals surface area (Å²) >= 11 is 4.43. The third-order valence-corrected chi connectivity index (χ3v) is 6.75. The minimum Gasteiger partial charge on any atom is -0.296 e. The zero-order valence-electron chi connectivity index (χ0n) is 12.5. The number of halogens is 1. The summed E-state index contributed by atoms with van der Waals surface area (Å²) < 4.78 is 27.0. The quantitative estimate of drug-likeness (QED) is 0.777. The number of amides is 1. The number of aromatic nitrogens is 2. The molecule has 0 atom stereocenters. The first kappa shape index (κ1) is 18.0. The first-order valence-corrected chi connectivity index (χ1v) is 9.88. The van der Waals surface area contributed by atoms with Gasteiger partial charge in [-0.15, -0.1) is 10.2 Å². The smallest absolute Gasteiger partial charge is 0.257 e. The van der Waals surface area contributed by atoms with E-state index in [1.54, 1.807) is 26.0 Å². The van der Waals surface area contributed by atoms with Crippen LogP contribution in [0.5, 0.6) is 0 Å². The average molecular weight is 419 g/mol. The van der Waals surface area contributed by atoms with Gasteiger partial charge in [0.05, 0.1) is 4.90 Å².